The molecule has 28 nitrogen and oxygen atoms in total. The van der Waals surface area contributed by atoms with Crippen molar-refractivity contribution in [1.29, 1.82) is 0 Å². The minimum absolute atomic E-state index is 0.0146. The number of carbonyl (C=O) groups excluding carboxylic acids is 13. The number of halogens is 1. The highest BCUT2D eigenvalue weighted by molar-refractivity contribution is 14.1. The molecule has 1 saturated carbocycles. The number of hydrogen-bond acceptors (Lipinski definition) is 16. The van der Waals surface area contributed by atoms with Gasteiger partial charge in [-0.15, -0.1) is 0 Å². The van der Waals surface area contributed by atoms with E-state index in [2.05, 4.69) is 91.0 Å². The maximum atomic E-state index is 16.3. The van der Waals surface area contributed by atoms with Crippen molar-refractivity contribution in [2.24, 2.45) is 17.6 Å². The van der Waals surface area contributed by atoms with E-state index in [4.69, 9.17) is 5.73 Å². The summed E-state index contributed by atoms with van der Waals surface area (Å²) in [4.78, 5) is 202. The van der Waals surface area contributed by atoms with Gasteiger partial charge >= 0.3 is 0 Å². The normalized spacial score (nSPS) is 23.8. The monoisotopic (exact) mass is 1750 g/mol. The number of nitrogens with two attached hydrogens (primary N) is 1. The molecule has 0 radical (unpaired) electrons. The van der Waals surface area contributed by atoms with Crippen LogP contribution in [0.1, 0.15) is 175 Å². The molecule has 1 aliphatic carbocycles. The van der Waals surface area contributed by atoms with Gasteiger partial charge in [-0.25, -0.2) is 4.98 Å². The number of imidazole rings is 1. The number of aromatic nitrogens is 2. The number of nitrogens with one attached hydrogen (secondary N) is 12. The van der Waals surface area contributed by atoms with Crippen LogP contribution in [0.5, 0.6) is 0 Å². The summed E-state index contributed by atoms with van der Waals surface area (Å²) in [6, 6.07) is 30.0. The summed E-state index contributed by atoms with van der Waals surface area (Å²) >= 11 is 2.23. The maximum absolute atomic E-state index is 16.3. The number of hydrogen-bond donors (Lipinski definition) is 13. The van der Waals surface area contributed by atoms with Gasteiger partial charge in [-0.1, -0.05) is 188 Å². The predicted molar refractivity (Wildman–Crippen MR) is 454 cm³/mol. The number of aromatic amines is 1. The van der Waals surface area contributed by atoms with Gasteiger partial charge in [0.1, 0.15) is 60.4 Å². The number of H-pyrrole nitrogens is 1. The Kier molecular flexibility index (Phi) is 33.5. The first-order chi connectivity index (χ1) is 56.4. The number of fused-ring (bicyclic) bond motifs is 4. The highest BCUT2D eigenvalue weighted by Crippen LogP contribution is 2.51. The van der Waals surface area contributed by atoms with Gasteiger partial charge in [0.15, 0.2) is 0 Å². The molecule has 6 aromatic rings. The van der Waals surface area contributed by atoms with Gasteiger partial charge in [-0.3, -0.25) is 62.3 Å². The lowest BCUT2D eigenvalue weighted by atomic mass is 9.81. The number of likely N-dealkylation sites (N-methyl/N-ethyl adjacent to an activating group) is 1. The lowest BCUT2D eigenvalue weighted by Crippen LogP contribution is -2.69. The van der Waals surface area contributed by atoms with E-state index in [-0.39, 0.29) is 101 Å². The zero-order valence-corrected chi connectivity index (χ0v) is 70.2. The number of piperidine rings is 1. The summed E-state index contributed by atoms with van der Waals surface area (Å²) < 4.78 is -0.522. The first kappa shape index (κ1) is 89.2. The van der Waals surface area contributed by atoms with Crippen LogP contribution in [0.25, 0.3) is 0 Å². The lowest BCUT2D eigenvalue weighted by molar-refractivity contribution is -0.144. The Morgan fingerprint density at radius 2 is 1.18 bits per heavy atom. The average Bonchev–Trinajstić information content (AvgIpc) is 1.74. The molecular weight excluding hydrogens is 1640 g/mol. The molecular formula is C86H108IN15O13S2. The highest BCUT2D eigenvalue weighted by atomic mass is 127. The van der Waals surface area contributed by atoms with Gasteiger partial charge in [-0.05, 0) is 152 Å². The van der Waals surface area contributed by atoms with Gasteiger partial charge in [0, 0.05) is 73.2 Å². The first-order valence-corrected chi connectivity index (χ1v) is 43.8. The van der Waals surface area contributed by atoms with Crippen LogP contribution in [0.4, 0.5) is 0 Å². The molecule has 3 aliphatic heterocycles. The van der Waals surface area contributed by atoms with Gasteiger partial charge in [0.2, 0.25) is 76.8 Å². The number of benzene rings is 5. The molecule has 1 unspecified atom stereocenters. The number of aryl methyl sites for hydroxylation is 1. The Labute approximate surface area is 704 Å². The molecule has 4 fully saturated rings. The SMILES string of the molecule is CC(C)CC(=O)N[C@H]1CCC(=O)NCCCC[C@H](C(N)=O)NC(=O)[C@H](C(c2ccccc2)c2ccccc2)NC(=O)[C@H](CCCCNC(=O)[C@H](C)NC(=O)CCCc2ccc(I)cc2)N(C)C(=O)[C@H](C2CCCCC2)NC(=O)[C@@H]2CSSC3(c4cnc[nH]4)C[C@H](NC1=O)C(=O)N[C@@H]3C(=O)N[C@@H](C(c1ccccc1)c1ccccc1)C(=O)N2. The Bertz CT molecular complexity index is 4300. The topological polar surface area (TPSA) is 412 Å². The van der Waals surface area contributed by atoms with Crippen molar-refractivity contribution < 1.29 is 62.3 Å². The van der Waals surface area contributed by atoms with Crippen LogP contribution in [0.15, 0.2) is 158 Å². The minimum atomic E-state index is -1.62. The summed E-state index contributed by atoms with van der Waals surface area (Å²) in [7, 11) is 3.60. The number of amides is 13. The van der Waals surface area contributed by atoms with Crippen molar-refractivity contribution in [2.75, 3.05) is 25.9 Å². The van der Waals surface area contributed by atoms with Crippen LogP contribution in [0, 0.1) is 15.4 Å². The van der Waals surface area contributed by atoms with Crippen LogP contribution in [0.3, 0.4) is 0 Å². The average molecular weight is 1750 g/mol. The molecule has 4 heterocycles. The number of primary amides is 1. The van der Waals surface area contributed by atoms with E-state index in [0.29, 0.717) is 66.5 Å². The third-order valence-electron chi connectivity index (χ3n) is 22.0. The fourth-order valence-electron chi connectivity index (χ4n) is 15.7. The van der Waals surface area contributed by atoms with Crippen molar-refractivity contribution in [3.63, 3.8) is 0 Å². The number of unbranched alkanes of at least 4 members (excludes halogenated alkanes) is 1. The van der Waals surface area contributed by atoms with Gasteiger partial charge < -0.3 is 74.1 Å². The Morgan fingerprint density at radius 1 is 0.607 bits per heavy atom. The quantitative estimate of drug-likeness (QED) is 0.0188. The van der Waals surface area contributed by atoms with Crippen molar-refractivity contribution >= 4 is 121 Å². The van der Waals surface area contributed by atoms with E-state index in [1.807, 2.05) is 38.1 Å². The van der Waals surface area contributed by atoms with Crippen molar-refractivity contribution in [2.45, 2.75) is 213 Å². The Morgan fingerprint density at radius 3 is 1.76 bits per heavy atom. The van der Waals surface area contributed by atoms with Crippen LogP contribution in [-0.2, 0) is 73.5 Å². The summed E-state index contributed by atoms with van der Waals surface area (Å²) in [6.45, 7) is 5.40. The van der Waals surface area contributed by atoms with Crippen molar-refractivity contribution in [3.8, 4) is 0 Å². The molecule has 624 valence electrons. The second-order valence-corrected chi connectivity index (χ2v) is 34.9. The minimum Gasteiger partial charge on any atom is -0.368 e. The summed E-state index contributed by atoms with van der Waals surface area (Å²) in [5.41, 5.74) is 9.87. The molecule has 3 bridgehead atoms. The molecule has 14 N–H and O–H groups in total. The van der Waals surface area contributed by atoms with Gasteiger partial charge in [0.25, 0.3) is 0 Å². The fourth-order valence-corrected chi connectivity index (χ4v) is 19.5. The Hall–Kier alpha value is -10.2. The highest BCUT2D eigenvalue weighted by Gasteiger charge is 2.56. The molecule has 5 aromatic carbocycles. The van der Waals surface area contributed by atoms with Crippen LogP contribution in [-0.4, -0.2) is 178 Å². The van der Waals surface area contributed by atoms with E-state index in [9.17, 15) is 33.6 Å². The van der Waals surface area contributed by atoms with Crippen molar-refractivity contribution in [1.82, 2.24) is 73.4 Å². The molecule has 3 saturated heterocycles. The maximum Gasteiger partial charge on any atom is 0.245 e. The second kappa shape index (κ2) is 43.9. The molecule has 1 aromatic heterocycles. The third kappa shape index (κ3) is 25.0. The molecule has 11 atom stereocenters. The van der Waals surface area contributed by atoms with E-state index >= 15 is 28.8 Å². The van der Waals surface area contributed by atoms with E-state index < -0.39 is 154 Å². The summed E-state index contributed by atoms with van der Waals surface area (Å²) in [5, 5.41) is 32.1. The van der Waals surface area contributed by atoms with Crippen LogP contribution in [0.2, 0.25) is 0 Å². The zero-order chi connectivity index (χ0) is 83.5. The van der Waals surface area contributed by atoms with Gasteiger partial charge in [-0.2, -0.15) is 0 Å². The first-order valence-electron chi connectivity index (χ1n) is 40.4. The number of nitrogens with zero attached hydrogens (tertiary/aromatic N) is 2. The largest absolute Gasteiger partial charge is 0.368 e. The second-order valence-electron chi connectivity index (χ2n) is 31.0. The fraction of sp³-hybridized carbons (Fsp3) is 0.465. The molecule has 13 amide bonds. The smallest absolute Gasteiger partial charge is 0.245 e. The number of carbonyl (C=O) groups is 13. The Balaban J connectivity index is 1.04. The van der Waals surface area contributed by atoms with E-state index in [0.717, 1.165) is 37.1 Å². The third-order valence-corrected chi connectivity index (χ3v) is 25.9. The van der Waals surface area contributed by atoms with Crippen molar-refractivity contribution in [3.05, 3.63) is 195 Å². The standard InChI is InChI=1S/C86H108IN15O13S2/c1-52(2)47-69(105)94-62-43-44-67(103)90-45-22-20-36-61(76(88)106)95-82(112)73(70(55-26-10-5-11-27-55)56-28-12-6-13-29-56)99-81(111)65(37-21-23-46-91-77(107)53(3)93-68(104)38-24-25-54-39-41-60(87)42-40-54)102(4)85(115)72(59-34-18-9-19-35-59)98-80(110)64-50-116-117-86(66-49-89-51-92-66)48-63(96-78(62)108)79(109)101-75(86)84(114)100-74(83(113)97-64)71(57-30-14-7-15-31-57)58-32-16-8-17-33-58/h5-8,10-17,26-33,39-42,49,51-53,59,61-65,70-75H,9,18-25,34-38,43-48,50H2,1-4H3,(H2,88,106)(H,89,92)(H,90,103)(H,91,107)(H,93,104)(H,94,105)(H,95,112)(H,96,108)(H,97,113)(H,98,110)(H,99,111)(H,100,114)(H,101,109)/t53-,61+,62-,63-,64-,65-,72-,73-,74-,75+,86?/m0/s1. The molecule has 31 heteroatoms. The summed E-state index contributed by atoms with van der Waals surface area (Å²) in [5.74, 6) is -11.7. The number of rotatable bonds is 23. The summed E-state index contributed by atoms with van der Waals surface area (Å²) in [6.07, 6.45) is 7.51. The van der Waals surface area contributed by atoms with Gasteiger partial charge in [0.05, 0.1) is 16.8 Å². The molecule has 117 heavy (non-hydrogen) atoms. The van der Waals surface area contributed by atoms with E-state index in [1.165, 1.54) is 24.5 Å². The van der Waals surface area contributed by atoms with Crippen LogP contribution < -0.4 is 64.2 Å². The molecule has 4 aliphatic rings. The van der Waals surface area contributed by atoms with Crippen LogP contribution >= 0.6 is 44.2 Å². The van der Waals surface area contributed by atoms with E-state index in [1.54, 1.807) is 128 Å². The lowest BCUT2D eigenvalue weighted by Gasteiger charge is -2.45. The molecule has 0 spiro atoms. The predicted octanol–water partition coefficient (Wildman–Crippen LogP) is 6.38. The molecule has 10 rings (SSSR count). The zero-order valence-electron chi connectivity index (χ0n) is 66.4.